The van der Waals surface area contributed by atoms with Gasteiger partial charge in [-0.2, -0.15) is 0 Å². The van der Waals surface area contributed by atoms with E-state index in [-0.39, 0.29) is 6.04 Å². The average Bonchev–Trinajstić information content (AvgIpc) is 2.03. The Balaban J connectivity index is 2.45. The van der Waals surface area contributed by atoms with Crippen LogP contribution in [0.15, 0.2) is 0 Å². The van der Waals surface area contributed by atoms with Crippen LogP contribution in [0.3, 0.4) is 0 Å². The molecule has 13 heavy (non-hydrogen) atoms. The summed E-state index contributed by atoms with van der Waals surface area (Å²) in [5, 5.41) is 9.72. The van der Waals surface area contributed by atoms with Crippen molar-refractivity contribution in [1.29, 1.82) is 0 Å². The third-order valence-electron chi connectivity index (χ3n) is 2.83. The fraction of sp³-hybridized carbons (Fsp3) is 0.889. The molecule has 0 spiro atoms. The number of hydrogen-bond acceptors (Lipinski definition) is 3. The molecule has 1 aliphatic rings. The van der Waals surface area contributed by atoms with Crippen LogP contribution in [-0.4, -0.2) is 39.7 Å². The standard InChI is InChI=1S/C9H18N2OS/c1-7(8(10)13)11-5-3-9(2,12)4-6-11/h7,12H,3-6H2,1-2H3,(H2,10,13). The molecule has 0 aliphatic carbocycles. The number of rotatable bonds is 2. The molecule has 3 N–H and O–H groups in total. The minimum absolute atomic E-state index is 0.158. The number of nitrogens with two attached hydrogens (primary N) is 1. The highest BCUT2D eigenvalue weighted by Crippen LogP contribution is 2.22. The maximum absolute atomic E-state index is 9.72. The van der Waals surface area contributed by atoms with Gasteiger partial charge < -0.3 is 10.8 Å². The number of hydrogen-bond donors (Lipinski definition) is 2. The van der Waals surface area contributed by atoms with Crippen molar-refractivity contribution in [3.8, 4) is 0 Å². The molecule has 0 saturated carbocycles. The van der Waals surface area contributed by atoms with Crippen LogP contribution in [0.1, 0.15) is 26.7 Å². The van der Waals surface area contributed by atoms with Crippen molar-refractivity contribution in [2.75, 3.05) is 13.1 Å². The number of thiocarbonyl (C=S) groups is 1. The van der Waals surface area contributed by atoms with Gasteiger partial charge in [-0.1, -0.05) is 12.2 Å². The Morgan fingerprint density at radius 2 is 2.00 bits per heavy atom. The molecule has 4 heteroatoms. The van der Waals surface area contributed by atoms with E-state index in [4.69, 9.17) is 18.0 Å². The van der Waals surface area contributed by atoms with E-state index in [0.29, 0.717) is 4.99 Å². The van der Waals surface area contributed by atoms with Crippen molar-refractivity contribution >= 4 is 17.2 Å². The van der Waals surface area contributed by atoms with E-state index < -0.39 is 5.60 Å². The number of nitrogens with zero attached hydrogens (tertiary/aromatic N) is 1. The Kier molecular flexibility index (Phi) is 3.27. The lowest BCUT2D eigenvalue weighted by Gasteiger charge is -2.38. The summed E-state index contributed by atoms with van der Waals surface area (Å²) < 4.78 is 0. The topological polar surface area (TPSA) is 49.5 Å². The summed E-state index contributed by atoms with van der Waals surface area (Å²) in [6.07, 6.45) is 1.61. The maximum atomic E-state index is 9.72. The molecule has 1 atom stereocenters. The Bertz CT molecular complexity index is 196. The van der Waals surface area contributed by atoms with Gasteiger partial charge in [0.25, 0.3) is 0 Å². The lowest BCUT2D eigenvalue weighted by Crippen LogP contribution is -2.49. The van der Waals surface area contributed by atoms with Crippen LogP contribution in [0.5, 0.6) is 0 Å². The van der Waals surface area contributed by atoms with Crippen LogP contribution < -0.4 is 5.73 Å². The molecule has 0 aromatic carbocycles. The summed E-state index contributed by atoms with van der Waals surface area (Å²) in [4.78, 5) is 2.77. The normalized spacial score (nSPS) is 25.5. The minimum atomic E-state index is -0.494. The van der Waals surface area contributed by atoms with Gasteiger partial charge in [0, 0.05) is 13.1 Å². The second kappa shape index (κ2) is 3.90. The fourth-order valence-electron chi connectivity index (χ4n) is 1.57. The summed E-state index contributed by atoms with van der Waals surface area (Å²) >= 11 is 4.93. The summed E-state index contributed by atoms with van der Waals surface area (Å²) in [6.45, 7) is 5.66. The van der Waals surface area contributed by atoms with Gasteiger partial charge in [-0.05, 0) is 26.7 Å². The Morgan fingerprint density at radius 1 is 1.54 bits per heavy atom. The zero-order valence-electron chi connectivity index (χ0n) is 8.29. The molecule has 76 valence electrons. The van der Waals surface area contributed by atoms with Crippen molar-refractivity contribution < 1.29 is 5.11 Å². The van der Waals surface area contributed by atoms with E-state index in [1.54, 1.807) is 0 Å². The van der Waals surface area contributed by atoms with Gasteiger partial charge in [-0.15, -0.1) is 0 Å². The van der Waals surface area contributed by atoms with Crippen molar-refractivity contribution in [1.82, 2.24) is 4.90 Å². The molecule has 0 aromatic heterocycles. The van der Waals surface area contributed by atoms with E-state index in [1.807, 2.05) is 13.8 Å². The van der Waals surface area contributed by atoms with Crippen LogP contribution in [0.4, 0.5) is 0 Å². The predicted molar refractivity (Wildman–Crippen MR) is 57.7 cm³/mol. The van der Waals surface area contributed by atoms with Gasteiger partial charge in [0.05, 0.1) is 16.6 Å². The van der Waals surface area contributed by atoms with Crippen molar-refractivity contribution in [3.63, 3.8) is 0 Å². The second-order valence-electron chi connectivity index (χ2n) is 4.11. The average molecular weight is 202 g/mol. The van der Waals surface area contributed by atoms with Gasteiger partial charge in [0.1, 0.15) is 0 Å². The van der Waals surface area contributed by atoms with E-state index in [1.165, 1.54) is 0 Å². The van der Waals surface area contributed by atoms with Crippen LogP contribution in [-0.2, 0) is 0 Å². The summed E-state index contributed by atoms with van der Waals surface area (Å²) in [5.74, 6) is 0. The van der Waals surface area contributed by atoms with Crippen molar-refractivity contribution in [3.05, 3.63) is 0 Å². The Hall–Kier alpha value is -0.190. The highest BCUT2D eigenvalue weighted by atomic mass is 32.1. The molecule has 0 aromatic rings. The van der Waals surface area contributed by atoms with Crippen LogP contribution in [0.2, 0.25) is 0 Å². The highest BCUT2D eigenvalue weighted by Gasteiger charge is 2.29. The molecule has 0 bridgehead atoms. The lowest BCUT2D eigenvalue weighted by atomic mass is 9.93. The second-order valence-corrected chi connectivity index (χ2v) is 4.58. The summed E-state index contributed by atoms with van der Waals surface area (Å²) in [5.41, 5.74) is 5.07. The molecule has 0 radical (unpaired) electrons. The van der Waals surface area contributed by atoms with Gasteiger partial charge >= 0.3 is 0 Å². The first-order valence-corrected chi connectivity index (χ1v) is 5.09. The molecule has 1 rings (SSSR count). The van der Waals surface area contributed by atoms with Gasteiger partial charge in [-0.3, -0.25) is 4.90 Å². The quantitative estimate of drug-likeness (QED) is 0.641. The number of piperidine rings is 1. The van der Waals surface area contributed by atoms with Crippen LogP contribution in [0.25, 0.3) is 0 Å². The Labute approximate surface area is 84.9 Å². The molecule has 1 saturated heterocycles. The monoisotopic (exact) mass is 202 g/mol. The highest BCUT2D eigenvalue weighted by molar-refractivity contribution is 7.80. The lowest BCUT2D eigenvalue weighted by molar-refractivity contribution is -0.00834. The van der Waals surface area contributed by atoms with Crippen molar-refractivity contribution in [2.24, 2.45) is 5.73 Å². The van der Waals surface area contributed by atoms with Crippen LogP contribution in [0, 0.1) is 0 Å². The zero-order valence-corrected chi connectivity index (χ0v) is 9.10. The molecular weight excluding hydrogens is 184 g/mol. The minimum Gasteiger partial charge on any atom is -0.392 e. The van der Waals surface area contributed by atoms with Gasteiger partial charge in [0.2, 0.25) is 0 Å². The molecule has 1 unspecified atom stereocenters. The molecule has 3 nitrogen and oxygen atoms in total. The van der Waals surface area contributed by atoms with Crippen LogP contribution >= 0.6 is 12.2 Å². The number of aliphatic hydroxyl groups is 1. The van der Waals surface area contributed by atoms with E-state index >= 15 is 0 Å². The molecule has 1 heterocycles. The first kappa shape index (κ1) is 10.9. The molecular formula is C9H18N2OS. The SMILES string of the molecule is CC(C(N)=S)N1CCC(C)(O)CC1. The first-order valence-electron chi connectivity index (χ1n) is 4.68. The van der Waals surface area contributed by atoms with Gasteiger partial charge in [0.15, 0.2) is 0 Å². The van der Waals surface area contributed by atoms with E-state index in [9.17, 15) is 5.11 Å². The van der Waals surface area contributed by atoms with E-state index in [2.05, 4.69) is 4.90 Å². The predicted octanol–water partition coefficient (Wildman–Crippen LogP) is 0.508. The molecule has 1 aliphatic heterocycles. The van der Waals surface area contributed by atoms with Gasteiger partial charge in [-0.25, -0.2) is 0 Å². The largest absolute Gasteiger partial charge is 0.392 e. The summed E-state index contributed by atoms with van der Waals surface area (Å²) in [7, 11) is 0. The third-order valence-corrected chi connectivity index (χ3v) is 3.18. The smallest absolute Gasteiger partial charge is 0.0899 e. The zero-order chi connectivity index (χ0) is 10.1. The third kappa shape index (κ3) is 2.90. The molecule has 0 amide bonds. The molecule has 1 fully saturated rings. The number of likely N-dealkylation sites (tertiary alicyclic amines) is 1. The summed E-state index contributed by atoms with van der Waals surface area (Å²) in [6, 6.07) is 0.158. The fourth-order valence-corrected chi connectivity index (χ4v) is 1.72. The first-order chi connectivity index (χ1) is 5.92. The van der Waals surface area contributed by atoms with Crippen molar-refractivity contribution in [2.45, 2.75) is 38.3 Å². The van der Waals surface area contributed by atoms with E-state index in [0.717, 1.165) is 25.9 Å². The maximum Gasteiger partial charge on any atom is 0.0899 e. The Morgan fingerprint density at radius 3 is 2.38 bits per heavy atom.